The van der Waals surface area contributed by atoms with Crippen molar-refractivity contribution in [3.8, 4) is 0 Å². The standard InChI is InChI=1S/C16H21ClN2S/c1-12-3-2-4-14-16(12)19(15(18-14)5-8-17)11-13-6-9-20-10-7-13/h2-4,13H,5-11H2,1H3. The third-order valence-electron chi connectivity index (χ3n) is 4.15. The molecule has 4 heteroatoms. The Morgan fingerprint density at radius 3 is 2.90 bits per heavy atom. The highest BCUT2D eigenvalue weighted by Gasteiger charge is 2.18. The van der Waals surface area contributed by atoms with Crippen LogP contribution in [0.15, 0.2) is 18.2 Å². The van der Waals surface area contributed by atoms with Crippen molar-refractivity contribution in [3.05, 3.63) is 29.6 Å². The van der Waals surface area contributed by atoms with Crippen LogP contribution in [0.2, 0.25) is 0 Å². The van der Waals surface area contributed by atoms with E-state index >= 15 is 0 Å². The Bertz CT molecular complexity index is 587. The molecule has 0 amide bonds. The van der Waals surface area contributed by atoms with Gasteiger partial charge in [0.1, 0.15) is 5.82 Å². The molecule has 0 spiro atoms. The van der Waals surface area contributed by atoms with E-state index in [1.807, 2.05) is 0 Å². The topological polar surface area (TPSA) is 17.8 Å². The number of rotatable bonds is 4. The molecule has 0 bridgehead atoms. The van der Waals surface area contributed by atoms with E-state index in [1.165, 1.54) is 35.4 Å². The van der Waals surface area contributed by atoms with Crippen molar-refractivity contribution in [3.63, 3.8) is 0 Å². The quantitative estimate of drug-likeness (QED) is 0.785. The minimum Gasteiger partial charge on any atom is -0.327 e. The van der Waals surface area contributed by atoms with Crippen LogP contribution < -0.4 is 0 Å². The molecule has 0 aliphatic carbocycles. The van der Waals surface area contributed by atoms with Gasteiger partial charge in [0, 0.05) is 18.8 Å². The number of hydrogen-bond donors (Lipinski definition) is 0. The third kappa shape index (κ3) is 2.84. The van der Waals surface area contributed by atoms with Crippen LogP contribution in [0.25, 0.3) is 11.0 Å². The van der Waals surface area contributed by atoms with Gasteiger partial charge in [0.05, 0.1) is 11.0 Å². The molecule has 20 heavy (non-hydrogen) atoms. The van der Waals surface area contributed by atoms with E-state index in [-0.39, 0.29) is 0 Å². The highest BCUT2D eigenvalue weighted by molar-refractivity contribution is 7.99. The molecule has 1 fully saturated rings. The molecule has 2 heterocycles. The summed E-state index contributed by atoms with van der Waals surface area (Å²) in [5.41, 5.74) is 3.75. The van der Waals surface area contributed by atoms with Gasteiger partial charge in [0.25, 0.3) is 0 Å². The number of imidazole rings is 1. The predicted molar refractivity (Wildman–Crippen MR) is 88.9 cm³/mol. The van der Waals surface area contributed by atoms with Crippen molar-refractivity contribution in [2.45, 2.75) is 32.7 Å². The van der Waals surface area contributed by atoms with E-state index in [0.29, 0.717) is 5.88 Å². The summed E-state index contributed by atoms with van der Waals surface area (Å²) in [7, 11) is 0. The van der Waals surface area contributed by atoms with Crippen molar-refractivity contribution in [2.75, 3.05) is 17.4 Å². The van der Waals surface area contributed by atoms with Crippen LogP contribution in [-0.4, -0.2) is 26.9 Å². The molecule has 0 N–H and O–H groups in total. The van der Waals surface area contributed by atoms with E-state index in [4.69, 9.17) is 16.6 Å². The smallest absolute Gasteiger partial charge is 0.111 e. The Morgan fingerprint density at radius 2 is 2.15 bits per heavy atom. The molecule has 1 saturated heterocycles. The lowest BCUT2D eigenvalue weighted by atomic mass is 10.0. The van der Waals surface area contributed by atoms with Gasteiger partial charge in [-0.25, -0.2) is 4.98 Å². The predicted octanol–water partition coefficient (Wildman–Crippen LogP) is 4.27. The minimum atomic E-state index is 0.642. The number of aromatic nitrogens is 2. The number of hydrogen-bond acceptors (Lipinski definition) is 2. The molecule has 2 aromatic rings. The fourth-order valence-electron chi connectivity index (χ4n) is 3.07. The van der Waals surface area contributed by atoms with Gasteiger partial charge >= 0.3 is 0 Å². The maximum Gasteiger partial charge on any atom is 0.111 e. The summed E-state index contributed by atoms with van der Waals surface area (Å²) >= 11 is 8.05. The van der Waals surface area contributed by atoms with Crippen LogP contribution in [-0.2, 0) is 13.0 Å². The lowest BCUT2D eigenvalue weighted by Gasteiger charge is -2.23. The minimum absolute atomic E-state index is 0.642. The number of alkyl halides is 1. The van der Waals surface area contributed by atoms with Gasteiger partial charge in [-0.15, -0.1) is 11.6 Å². The second-order valence-corrected chi connectivity index (χ2v) is 7.18. The number of nitrogens with zero attached hydrogens (tertiary/aromatic N) is 2. The summed E-state index contributed by atoms with van der Waals surface area (Å²) in [6.07, 6.45) is 3.52. The fraction of sp³-hybridized carbons (Fsp3) is 0.562. The zero-order valence-corrected chi connectivity index (χ0v) is 13.5. The number of halogens is 1. The van der Waals surface area contributed by atoms with Gasteiger partial charge in [0.2, 0.25) is 0 Å². The van der Waals surface area contributed by atoms with Crippen LogP contribution >= 0.6 is 23.4 Å². The zero-order valence-electron chi connectivity index (χ0n) is 11.9. The number of para-hydroxylation sites is 1. The molecule has 0 unspecified atom stereocenters. The molecule has 0 radical (unpaired) electrons. The number of thioether (sulfide) groups is 1. The Kier molecular flexibility index (Phi) is 4.57. The van der Waals surface area contributed by atoms with E-state index < -0.39 is 0 Å². The first-order valence-electron chi connectivity index (χ1n) is 7.38. The normalized spacial score (nSPS) is 16.9. The molecular weight excluding hydrogens is 288 g/mol. The van der Waals surface area contributed by atoms with Crippen molar-refractivity contribution in [1.82, 2.24) is 9.55 Å². The molecule has 1 aromatic carbocycles. The van der Waals surface area contributed by atoms with Crippen molar-refractivity contribution < 1.29 is 0 Å². The average Bonchev–Trinajstić information content (AvgIpc) is 2.80. The maximum absolute atomic E-state index is 5.96. The lowest BCUT2D eigenvalue weighted by molar-refractivity contribution is 0.415. The summed E-state index contributed by atoms with van der Waals surface area (Å²) in [6, 6.07) is 6.39. The molecule has 1 aromatic heterocycles. The summed E-state index contributed by atoms with van der Waals surface area (Å²) in [6.45, 7) is 3.29. The van der Waals surface area contributed by atoms with Gasteiger partial charge in [-0.1, -0.05) is 12.1 Å². The second-order valence-electron chi connectivity index (χ2n) is 5.58. The summed E-state index contributed by atoms with van der Waals surface area (Å²) in [4.78, 5) is 4.80. The van der Waals surface area contributed by atoms with Crippen LogP contribution in [0.3, 0.4) is 0 Å². The van der Waals surface area contributed by atoms with E-state index in [0.717, 1.165) is 30.2 Å². The fourth-order valence-corrected chi connectivity index (χ4v) is 4.45. The molecule has 2 nitrogen and oxygen atoms in total. The van der Waals surface area contributed by atoms with Gasteiger partial charge in [-0.2, -0.15) is 11.8 Å². The Hall–Kier alpha value is -0.670. The number of benzene rings is 1. The van der Waals surface area contributed by atoms with Crippen LogP contribution in [0.1, 0.15) is 24.2 Å². The monoisotopic (exact) mass is 308 g/mol. The third-order valence-corrected chi connectivity index (χ3v) is 5.38. The van der Waals surface area contributed by atoms with Gasteiger partial charge in [-0.05, 0) is 48.8 Å². The maximum atomic E-state index is 5.96. The van der Waals surface area contributed by atoms with Gasteiger partial charge in [-0.3, -0.25) is 0 Å². The van der Waals surface area contributed by atoms with Crippen LogP contribution in [0.5, 0.6) is 0 Å². The van der Waals surface area contributed by atoms with Crippen LogP contribution in [0.4, 0.5) is 0 Å². The summed E-state index contributed by atoms with van der Waals surface area (Å²) < 4.78 is 2.44. The SMILES string of the molecule is Cc1cccc2nc(CCCl)n(CC3CCSCC3)c12. The average molecular weight is 309 g/mol. The van der Waals surface area contributed by atoms with Crippen molar-refractivity contribution in [1.29, 1.82) is 0 Å². The molecule has 3 rings (SSSR count). The number of fused-ring (bicyclic) bond motifs is 1. The van der Waals surface area contributed by atoms with Crippen LogP contribution in [0, 0.1) is 12.8 Å². The van der Waals surface area contributed by atoms with Gasteiger partial charge < -0.3 is 4.57 Å². The summed E-state index contributed by atoms with van der Waals surface area (Å²) in [5, 5.41) is 0. The highest BCUT2D eigenvalue weighted by atomic mass is 35.5. The van der Waals surface area contributed by atoms with E-state index in [9.17, 15) is 0 Å². The second kappa shape index (κ2) is 6.40. The Labute approximate surface area is 129 Å². The zero-order chi connectivity index (χ0) is 13.9. The lowest BCUT2D eigenvalue weighted by Crippen LogP contribution is -2.18. The molecule has 108 valence electrons. The first-order valence-corrected chi connectivity index (χ1v) is 9.07. The first kappa shape index (κ1) is 14.3. The largest absolute Gasteiger partial charge is 0.327 e. The van der Waals surface area contributed by atoms with E-state index in [1.54, 1.807) is 0 Å². The van der Waals surface area contributed by atoms with Crippen molar-refractivity contribution in [2.24, 2.45) is 5.92 Å². The molecule has 0 atom stereocenters. The Morgan fingerprint density at radius 1 is 1.35 bits per heavy atom. The highest BCUT2D eigenvalue weighted by Crippen LogP contribution is 2.28. The molecular formula is C16H21ClN2S. The number of aryl methyl sites for hydroxylation is 2. The molecule has 1 aliphatic rings. The molecule has 1 aliphatic heterocycles. The van der Waals surface area contributed by atoms with Crippen molar-refractivity contribution >= 4 is 34.4 Å². The first-order chi connectivity index (χ1) is 9.79. The van der Waals surface area contributed by atoms with E-state index in [2.05, 4.69) is 41.5 Å². The molecule has 0 saturated carbocycles. The summed E-state index contributed by atoms with van der Waals surface area (Å²) in [5.74, 6) is 5.20. The Balaban J connectivity index is 1.98. The van der Waals surface area contributed by atoms with Gasteiger partial charge in [0.15, 0.2) is 0 Å².